The molecule has 0 radical (unpaired) electrons. The van der Waals surface area contributed by atoms with Crippen molar-refractivity contribution in [3.05, 3.63) is 47.0 Å². The number of phenolic OH excluding ortho intramolecular Hbond substituents is 1. The molecule has 3 heterocycles. The lowest BCUT2D eigenvalue weighted by atomic mass is 9.89. The third-order valence-electron chi connectivity index (χ3n) is 5.96. The molecule has 8 heteroatoms. The van der Waals surface area contributed by atoms with Gasteiger partial charge in [0.15, 0.2) is 11.5 Å². The summed E-state index contributed by atoms with van der Waals surface area (Å²) in [5.74, 6) is 1.67. The number of benzene rings is 1. The number of aromatic hydroxyl groups is 1. The van der Waals surface area contributed by atoms with Gasteiger partial charge >= 0.3 is 0 Å². The van der Waals surface area contributed by atoms with E-state index < -0.39 is 0 Å². The molecule has 8 nitrogen and oxygen atoms in total. The maximum atomic E-state index is 13.1. The summed E-state index contributed by atoms with van der Waals surface area (Å²) in [4.78, 5) is 25.7. The zero-order valence-corrected chi connectivity index (χ0v) is 16.5. The number of nitrogens with zero attached hydrogens (tertiary/aromatic N) is 6. The van der Waals surface area contributed by atoms with Gasteiger partial charge in [-0.15, -0.1) is 5.10 Å². The number of carbonyl (C=O) groups excluding carboxylic acids is 1. The second-order valence-electron chi connectivity index (χ2n) is 7.78. The lowest BCUT2D eigenvalue weighted by molar-refractivity contribution is 0.0743. The van der Waals surface area contributed by atoms with Gasteiger partial charge in [0.05, 0.1) is 18.0 Å². The minimum Gasteiger partial charge on any atom is -0.507 e. The lowest BCUT2D eigenvalue weighted by Gasteiger charge is -2.36. The Bertz CT molecular complexity index is 1080. The van der Waals surface area contributed by atoms with Gasteiger partial charge in [-0.25, -0.2) is 4.98 Å². The second-order valence-corrected chi connectivity index (χ2v) is 7.78. The number of anilines is 1. The molecule has 1 fully saturated rings. The van der Waals surface area contributed by atoms with Crippen LogP contribution in [0.25, 0.3) is 5.65 Å². The summed E-state index contributed by atoms with van der Waals surface area (Å²) < 4.78 is 1.80. The number of aromatic nitrogens is 4. The first-order chi connectivity index (χ1) is 14.1. The molecule has 0 bridgehead atoms. The van der Waals surface area contributed by atoms with Crippen LogP contribution >= 0.6 is 0 Å². The molecule has 0 unspecified atom stereocenters. The molecule has 29 heavy (non-hydrogen) atoms. The van der Waals surface area contributed by atoms with Crippen molar-refractivity contribution in [1.29, 1.82) is 0 Å². The van der Waals surface area contributed by atoms with Crippen LogP contribution in [0.5, 0.6) is 5.75 Å². The third-order valence-corrected chi connectivity index (χ3v) is 5.96. The van der Waals surface area contributed by atoms with Crippen LogP contribution in [0, 0.1) is 6.92 Å². The maximum absolute atomic E-state index is 13.1. The van der Waals surface area contributed by atoms with Crippen molar-refractivity contribution < 1.29 is 9.90 Å². The van der Waals surface area contributed by atoms with Gasteiger partial charge in [-0.3, -0.25) is 9.78 Å². The van der Waals surface area contributed by atoms with E-state index in [1.165, 1.54) is 5.56 Å². The Morgan fingerprint density at radius 1 is 1.07 bits per heavy atom. The highest BCUT2D eigenvalue weighted by Crippen LogP contribution is 2.33. The van der Waals surface area contributed by atoms with Gasteiger partial charge in [0.25, 0.3) is 5.91 Å². The fraction of sp³-hybridized carbons (Fsp3) is 0.429. The van der Waals surface area contributed by atoms with E-state index in [0.717, 1.165) is 42.7 Å². The van der Waals surface area contributed by atoms with Gasteiger partial charge in [0.1, 0.15) is 11.6 Å². The minimum atomic E-state index is -0.0940. The van der Waals surface area contributed by atoms with Crippen LogP contribution in [-0.2, 0) is 12.8 Å². The Labute approximate surface area is 168 Å². The largest absolute Gasteiger partial charge is 0.507 e. The normalized spacial score (nSPS) is 16.9. The van der Waals surface area contributed by atoms with Crippen LogP contribution in [0.2, 0.25) is 0 Å². The molecule has 2 aromatic heterocycles. The molecular weight excluding hydrogens is 368 g/mol. The van der Waals surface area contributed by atoms with Gasteiger partial charge < -0.3 is 14.9 Å². The number of piperazine rings is 1. The zero-order chi connectivity index (χ0) is 20.0. The summed E-state index contributed by atoms with van der Waals surface area (Å²) in [6.07, 6.45) is 7.53. The second kappa shape index (κ2) is 7.02. The van der Waals surface area contributed by atoms with E-state index in [9.17, 15) is 9.90 Å². The molecule has 5 rings (SSSR count). The molecule has 0 saturated carbocycles. The van der Waals surface area contributed by atoms with E-state index in [-0.39, 0.29) is 11.7 Å². The van der Waals surface area contributed by atoms with E-state index in [2.05, 4.69) is 20.0 Å². The van der Waals surface area contributed by atoms with Crippen LogP contribution < -0.4 is 4.90 Å². The predicted octanol–water partition coefficient (Wildman–Crippen LogP) is 1.98. The molecule has 0 spiro atoms. The van der Waals surface area contributed by atoms with Crippen molar-refractivity contribution in [3.63, 3.8) is 0 Å². The standard InChI is InChI=1S/C21H24N6O2/c1-14-23-18-12-22-13-19(27(18)24-14)25-8-10-26(11-9-25)21(29)17-7-6-15-4-2-3-5-16(15)20(17)28/h6-7,12-13,28H,2-5,8-11H2,1H3. The number of rotatable bonds is 2. The van der Waals surface area contributed by atoms with E-state index in [1.807, 2.05) is 17.9 Å². The molecule has 1 aliphatic heterocycles. The summed E-state index contributed by atoms with van der Waals surface area (Å²) in [5.41, 5.74) is 3.28. The van der Waals surface area contributed by atoms with Crippen molar-refractivity contribution in [2.45, 2.75) is 32.6 Å². The Hall–Kier alpha value is -3.16. The Balaban J connectivity index is 1.33. The molecule has 1 N–H and O–H groups in total. The highest BCUT2D eigenvalue weighted by Gasteiger charge is 2.27. The van der Waals surface area contributed by atoms with Gasteiger partial charge in [0, 0.05) is 26.2 Å². The topological polar surface area (TPSA) is 86.9 Å². The Morgan fingerprint density at radius 2 is 1.86 bits per heavy atom. The summed E-state index contributed by atoms with van der Waals surface area (Å²) in [5, 5.41) is 15.2. The van der Waals surface area contributed by atoms with Crippen LogP contribution in [-0.4, -0.2) is 61.7 Å². The molecule has 3 aromatic rings. The van der Waals surface area contributed by atoms with Crippen molar-refractivity contribution in [2.24, 2.45) is 0 Å². The number of aryl methyl sites for hydroxylation is 2. The van der Waals surface area contributed by atoms with E-state index in [0.29, 0.717) is 37.6 Å². The number of fused-ring (bicyclic) bond motifs is 2. The molecular formula is C21H24N6O2. The maximum Gasteiger partial charge on any atom is 0.257 e. The monoisotopic (exact) mass is 392 g/mol. The highest BCUT2D eigenvalue weighted by atomic mass is 16.3. The highest BCUT2D eigenvalue weighted by molar-refractivity contribution is 5.97. The first-order valence-corrected chi connectivity index (χ1v) is 10.2. The van der Waals surface area contributed by atoms with Crippen LogP contribution in [0.3, 0.4) is 0 Å². The number of hydrogen-bond acceptors (Lipinski definition) is 6. The number of amides is 1. The van der Waals surface area contributed by atoms with Gasteiger partial charge in [-0.2, -0.15) is 4.52 Å². The quantitative estimate of drug-likeness (QED) is 0.718. The fourth-order valence-electron chi connectivity index (χ4n) is 4.41. The van der Waals surface area contributed by atoms with E-state index in [1.54, 1.807) is 23.0 Å². The fourth-order valence-corrected chi connectivity index (χ4v) is 4.41. The predicted molar refractivity (Wildman–Crippen MR) is 108 cm³/mol. The molecule has 1 saturated heterocycles. The lowest BCUT2D eigenvalue weighted by Crippen LogP contribution is -2.49. The van der Waals surface area contributed by atoms with E-state index in [4.69, 9.17) is 0 Å². The Kier molecular flexibility index (Phi) is 4.34. The van der Waals surface area contributed by atoms with Crippen LogP contribution in [0.4, 0.5) is 5.82 Å². The average molecular weight is 392 g/mol. The SMILES string of the molecule is Cc1nc2cncc(N3CCN(C(=O)c4ccc5c(c4O)CCCC5)CC3)n2n1. The minimum absolute atomic E-state index is 0.0940. The summed E-state index contributed by atoms with van der Waals surface area (Å²) in [6.45, 7) is 4.38. The molecule has 0 atom stereocenters. The first kappa shape index (κ1) is 17.9. The number of hydrogen-bond donors (Lipinski definition) is 1. The van der Waals surface area contributed by atoms with Crippen molar-refractivity contribution in [1.82, 2.24) is 24.5 Å². The van der Waals surface area contributed by atoms with E-state index >= 15 is 0 Å². The molecule has 1 aliphatic carbocycles. The molecule has 1 amide bonds. The van der Waals surface area contributed by atoms with Crippen LogP contribution in [0.15, 0.2) is 24.5 Å². The third kappa shape index (κ3) is 3.08. The summed E-state index contributed by atoms with van der Waals surface area (Å²) in [6, 6.07) is 3.80. The van der Waals surface area contributed by atoms with Crippen molar-refractivity contribution in [3.8, 4) is 5.75 Å². The average Bonchev–Trinajstić information content (AvgIpc) is 3.14. The van der Waals surface area contributed by atoms with Gasteiger partial charge in [-0.1, -0.05) is 6.07 Å². The summed E-state index contributed by atoms with van der Waals surface area (Å²) >= 11 is 0. The van der Waals surface area contributed by atoms with Crippen molar-refractivity contribution >= 4 is 17.4 Å². The molecule has 1 aromatic carbocycles. The molecule has 2 aliphatic rings. The van der Waals surface area contributed by atoms with Crippen molar-refractivity contribution in [2.75, 3.05) is 31.1 Å². The first-order valence-electron chi connectivity index (χ1n) is 10.2. The molecule has 150 valence electrons. The summed E-state index contributed by atoms with van der Waals surface area (Å²) in [7, 11) is 0. The van der Waals surface area contributed by atoms with Gasteiger partial charge in [-0.05, 0) is 49.8 Å². The Morgan fingerprint density at radius 3 is 2.69 bits per heavy atom. The smallest absolute Gasteiger partial charge is 0.257 e. The number of phenols is 1. The number of carbonyl (C=O) groups is 1. The zero-order valence-electron chi connectivity index (χ0n) is 16.5. The van der Waals surface area contributed by atoms with Gasteiger partial charge in [0.2, 0.25) is 0 Å². The van der Waals surface area contributed by atoms with Crippen LogP contribution in [0.1, 0.15) is 40.2 Å².